The van der Waals surface area contributed by atoms with Crippen molar-refractivity contribution in [1.82, 2.24) is 4.98 Å². The van der Waals surface area contributed by atoms with E-state index in [1.807, 2.05) is 60.8 Å². The van der Waals surface area contributed by atoms with Crippen molar-refractivity contribution in [3.05, 3.63) is 64.7 Å². The average molecular weight is 407 g/mol. The first-order valence-electron chi connectivity index (χ1n) is 9.22. The maximum Gasteiger partial charge on any atom is 0.139 e. The summed E-state index contributed by atoms with van der Waals surface area (Å²) in [5.41, 5.74) is 3.01. The number of rotatable bonds is 6. The first-order chi connectivity index (χ1) is 14.1. The Balaban J connectivity index is 1.58. The largest absolute Gasteiger partial charge is 0.510 e. The van der Waals surface area contributed by atoms with Crippen LogP contribution >= 0.6 is 11.3 Å². The molecule has 0 fully saturated rings. The molecule has 0 amide bonds. The summed E-state index contributed by atoms with van der Waals surface area (Å²) in [6.07, 6.45) is 0. The highest BCUT2D eigenvalue weighted by Crippen LogP contribution is 2.35. The highest BCUT2D eigenvalue weighted by molar-refractivity contribution is 7.11. The van der Waals surface area contributed by atoms with Gasteiger partial charge in [-0.15, -0.1) is 11.3 Å². The number of nitrogens with zero attached hydrogens (tertiary/aromatic N) is 2. The number of nitrogens with one attached hydrogen (secondary N) is 1. The Morgan fingerprint density at radius 2 is 1.97 bits per heavy atom. The van der Waals surface area contributed by atoms with E-state index in [2.05, 4.69) is 4.98 Å². The molecule has 2 heterocycles. The van der Waals surface area contributed by atoms with Gasteiger partial charge >= 0.3 is 0 Å². The first kappa shape index (κ1) is 19.0. The fraction of sp³-hybridized carbons (Fsp3) is 0.182. The average Bonchev–Trinajstić information content (AvgIpc) is 3.33. The van der Waals surface area contributed by atoms with Crippen LogP contribution in [0.25, 0.3) is 16.8 Å². The SMILES string of the molecule is CCOc1ccc(N2CC(O)=C(c3nc(-c4cccc(OC)c4)cs3)C2=N)cc1. The molecule has 1 aromatic heterocycles. The van der Waals surface area contributed by atoms with Crippen molar-refractivity contribution in [3.8, 4) is 22.8 Å². The van der Waals surface area contributed by atoms with E-state index >= 15 is 0 Å². The molecule has 148 valence electrons. The lowest BCUT2D eigenvalue weighted by atomic mass is 10.1. The molecule has 0 radical (unpaired) electrons. The number of aromatic nitrogens is 1. The van der Waals surface area contributed by atoms with E-state index in [4.69, 9.17) is 14.9 Å². The fourth-order valence-electron chi connectivity index (χ4n) is 3.22. The number of benzene rings is 2. The third-order valence-electron chi connectivity index (χ3n) is 4.65. The molecule has 1 aliphatic heterocycles. The quantitative estimate of drug-likeness (QED) is 0.602. The summed E-state index contributed by atoms with van der Waals surface area (Å²) in [6.45, 7) is 2.79. The molecule has 7 heteroatoms. The van der Waals surface area contributed by atoms with Crippen molar-refractivity contribution in [1.29, 1.82) is 5.41 Å². The Bertz CT molecular complexity index is 1070. The molecule has 0 bridgehead atoms. The molecule has 0 atom stereocenters. The standard InChI is InChI=1S/C22H21N3O3S/c1-3-28-16-9-7-15(8-10-16)25-12-19(26)20(21(25)23)22-24-18(13-29-22)14-5-4-6-17(11-14)27-2/h4-11,13,23,26H,3,12H2,1-2H3. The minimum Gasteiger partial charge on any atom is -0.510 e. The van der Waals surface area contributed by atoms with Crippen LogP contribution in [0.4, 0.5) is 5.69 Å². The number of amidine groups is 1. The van der Waals surface area contributed by atoms with Crippen molar-refractivity contribution in [2.75, 3.05) is 25.2 Å². The van der Waals surface area contributed by atoms with Crippen LogP contribution in [0.5, 0.6) is 11.5 Å². The van der Waals surface area contributed by atoms with Gasteiger partial charge < -0.3 is 19.5 Å². The number of hydrogen-bond donors (Lipinski definition) is 2. The maximum atomic E-state index is 10.6. The minimum atomic E-state index is 0.149. The number of thiazole rings is 1. The monoisotopic (exact) mass is 407 g/mol. The maximum absolute atomic E-state index is 10.6. The molecular weight excluding hydrogens is 386 g/mol. The van der Waals surface area contributed by atoms with Gasteiger partial charge in [0.2, 0.25) is 0 Å². The minimum absolute atomic E-state index is 0.149. The van der Waals surface area contributed by atoms with E-state index in [0.717, 1.165) is 28.4 Å². The number of ether oxygens (including phenoxy) is 2. The predicted octanol–water partition coefficient (Wildman–Crippen LogP) is 4.98. The Hall–Kier alpha value is -3.32. The zero-order chi connectivity index (χ0) is 20.4. The summed E-state index contributed by atoms with van der Waals surface area (Å²) >= 11 is 1.41. The van der Waals surface area contributed by atoms with Crippen molar-refractivity contribution in [3.63, 3.8) is 0 Å². The van der Waals surface area contributed by atoms with E-state index in [9.17, 15) is 5.11 Å². The van der Waals surface area contributed by atoms with Gasteiger partial charge in [-0.3, -0.25) is 5.41 Å². The van der Waals surface area contributed by atoms with Gasteiger partial charge in [-0.1, -0.05) is 12.1 Å². The molecule has 4 rings (SSSR count). The van der Waals surface area contributed by atoms with Crippen molar-refractivity contribution < 1.29 is 14.6 Å². The third kappa shape index (κ3) is 3.69. The third-order valence-corrected chi connectivity index (χ3v) is 5.51. The summed E-state index contributed by atoms with van der Waals surface area (Å²) in [5.74, 6) is 1.92. The fourth-order valence-corrected chi connectivity index (χ4v) is 4.11. The zero-order valence-corrected chi connectivity index (χ0v) is 17.0. The molecule has 0 saturated carbocycles. The molecular formula is C22H21N3O3S. The van der Waals surface area contributed by atoms with Crippen molar-refractivity contribution >= 4 is 28.4 Å². The summed E-state index contributed by atoms with van der Waals surface area (Å²) in [7, 11) is 1.63. The molecule has 0 spiro atoms. The molecule has 3 aromatic rings. The van der Waals surface area contributed by atoms with Gasteiger partial charge in [0.1, 0.15) is 28.1 Å². The summed E-state index contributed by atoms with van der Waals surface area (Å²) < 4.78 is 10.8. The normalized spacial score (nSPS) is 13.9. The van der Waals surface area contributed by atoms with E-state index in [1.54, 1.807) is 12.0 Å². The lowest BCUT2D eigenvalue weighted by molar-refractivity contribution is 0.340. The topological polar surface area (TPSA) is 78.7 Å². The van der Waals surface area contributed by atoms with E-state index < -0.39 is 0 Å². The van der Waals surface area contributed by atoms with Gasteiger partial charge in [-0.25, -0.2) is 4.98 Å². The molecule has 1 aliphatic rings. The number of hydrogen-bond acceptors (Lipinski definition) is 6. The van der Waals surface area contributed by atoms with Crippen LogP contribution in [0.3, 0.4) is 0 Å². The Morgan fingerprint density at radius 3 is 2.69 bits per heavy atom. The van der Waals surface area contributed by atoms with Crippen LogP contribution in [0, 0.1) is 5.41 Å². The summed E-state index contributed by atoms with van der Waals surface area (Å²) in [6, 6.07) is 15.2. The first-order valence-corrected chi connectivity index (χ1v) is 10.1. The van der Waals surface area contributed by atoms with E-state index in [1.165, 1.54) is 11.3 Å². The predicted molar refractivity (Wildman–Crippen MR) is 116 cm³/mol. The second kappa shape index (κ2) is 7.97. The van der Waals surface area contributed by atoms with E-state index in [-0.39, 0.29) is 18.1 Å². The molecule has 2 N–H and O–H groups in total. The van der Waals surface area contributed by atoms with Gasteiger partial charge in [0.15, 0.2) is 0 Å². The molecule has 6 nitrogen and oxygen atoms in total. The highest BCUT2D eigenvalue weighted by atomic mass is 32.1. The van der Waals surface area contributed by atoms with Crippen LogP contribution in [0.15, 0.2) is 59.7 Å². The van der Waals surface area contributed by atoms with Crippen LogP contribution in [-0.4, -0.2) is 36.2 Å². The van der Waals surface area contributed by atoms with E-state index in [0.29, 0.717) is 17.2 Å². The van der Waals surface area contributed by atoms with Crippen molar-refractivity contribution in [2.24, 2.45) is 0 Å². The number of methoxy groups -OCH3 is 1. The van der Waals surface area contributed by atoms with Crippen LogP contribution < -0.4 is 14.4 Å². The Labute approximate surface area is 173 Å². The number of aliphatic hydroxyl groups is 1. The Morgan fingerprint density at radius 1 is 1.17 bits per heavy atom. The highest BCUT2D eigenvalue weighted by Gasteiger charge is 2.31. The van der Waals surface area contributed by atoms with Crippen molar-refractivity contribution in [2.45, 2.75) is 6.92 Å². The molecule has 29 heavy (non-hydrogen) atoms. The lowest BCUT2D eigenvalue weighted by Gasteiger charge is -2.19. The number of aliphatic hydroxyl groups excluding tert-OH is 1. The zero-order valence-electron chi connectivity index (χ0n) is 16.2. The summed E-state index contributed by atoms with van der Waals surface area (Å²) in [4.78, 5) is 6.42. The summed E-state index contributed by atoms with van der Waals surface area (Å²) in [5, 5.41) is 21.7. The smallest absolute Gasteiger partial charge is 0.139 e. The second-order valence-electron chi connectivity index (χ2n) is 6.45. The van der Waals surface area contributed by atoms with Crippen LogP contribution in [0.1, 0.15) is 11.9 Å². The molecule has 0 unspecified atom stereocenters. The second-order valence-corrected chi connectivity index (χ2v) is 7.31. The molecule has 0 aliphatic carbocycles. The lowest BCUT2D eigenvalue weighted by Crippen LogP contribution is -2.25. The molecule has 0 saturated heterocycles. The van der Waals surface area contributed by atoms with Gasteiger partial charge in [-0.05, 0) is 43.3 Å². The van der Waals surface area contributed by atoms with Gasteiger partial charge in [-0.2, -0.15) is 0 Å². The van der Waals surface area contributed by atoms with Crippen LogP contribution in [-0.2, 0) is 0 Å². The van der Waals surface area contributed by atoms with Gasteiger partial charge in [0.05, 0.1) is 31.5 Å². The Kier molecular flexibility index (Phi) is 5.22. The van der Waals surface area contributed by atoms with Gasteiger partial charge in [0, 0.05) is 16.6 Å². The molecule has 2 aromatic carbocycles. The van der Waals surface area contributed by atoms with Crippen LogP contribution in [0.2, 0.25) is 0 Å². The van der Waals surface area contributed by atoms with Gasteiger partial charge in [0.25, 0.3) is 0 Å². The number of anilines is 1.